The maximum Gasteiger partial charge on any atom is 0.259 e. The van der Waals surface area contributed by atoms with Gasteiger partial charge in [0.2, 0.25) is 0 Å². The molecule has 0 aliphatic heterocycles. The van der Waals surface area contributed by atoms with E-state index in [1.165, 1.54) is 12.1 Å². The summed E-state index contributed by atoms with van der Waals surface area (Å²) in [6, 6.07) is 18.7. The highest BCUT2D eigenvalue weighted by molar-refractivity contribution is 5.65. The number of rotatable bonds is 3. The van der Waals surface area contributed by atoms with E-state index in [4.69, 9.17) is 0 Å². The van der Waals surface area contributed by atoms with Gasteiger partial charge >= 0.3 is 0 Å². The van der Waals surface area contributed by atoms with Crippen molar-refractivity contribution in [3.05, 3.63) is 89.1 Å². The highest BCUT2D eigenvalue weighted by Gasteiger charge is 2.13. The monoisotopic (exact) mass is 344 g/mol. The number of nitrogens with zero attached hydrogens (tertiary/aromatic N) is 3. The van der Waals surface area contributed by atoms with E-state index in [0.29, 0.717) is 22.8 Å². The van der Waals surface area contributed by atoms with E-state index in [1.54, 1.807) is 30.5 Å². The average Bonchev–Trinajstić information content (AvgIpc) is 2.69. The second kappa shape index (κ2) is 6.68. The zero-order chi connectivity index (χ0) is 17.9. The number of H-pyrrole nitrogens is 1. The molecule has 5 nitrogen and oxygen atoms in total. The number of halogens is 1. The van der Waals surface area contributed by atoms with Gasteiger partial charge in [-0.3, -0.25) is 4.79 Å². The van der Waals surface area contributed by atoms with Crippen LogP contribution in [-0.2, 0) is 0 Å². The van der Waals surface area contributed by atoms with Crippen LogP contribution in [0, 0.1) is 5.82 Å². The van der Waals surface area contributed by atoms with Gasteiger partial charge in [0.25, 0.3) is 5.56 Å². The smallest absolute Gasteiger partial charge is 0.259 e. The molecule has 0 saturated carbocycles. The van der Waals surface area contributed by atoms with Crippen molar-refractivity contribution < 1.29 is 4.39 Å². The lowest BCUT2D eigenvalue weighted by molar-refractivity contribution is 0.628. The van der Waals surface area contributed by atoms with Gasteiger partial charge in [-0.1, -0.05) is 30.3 Å². The van der Waals surface area contributed by atoms with Gasteiger partial charge in [0.05, 0.1) is 5.56 Å². The highest BCUT2D eigenvalue weighted by atomic mass is 19.1. The van der Waals surface area contributed by atoms with E-state index >= 15 is 0 Å². The Labute approximate surface area is 148 Å². The van der Waals surface area contributed by atoms with Gasteiger partial charge in [-0.2, -0.15) is 0 Å². The minimum absolute atomic E-state index is 0.264. The molecule has 26 heavy (non-hydrogen) atoms. The van der Waals surface area contributed by atoms with Crippen molar-refractivity contribution in [3.63, 3.8) is 0 Å². The summed E-state index contributed by atoms with van der Waals surface area (Å²) >= 11 is 0. The molecule has 0 aliphatic carbocycles. The van der Waals surface area contributed by atoms with Crippen LogP contribution in [0.2, 0.25) is 0 Å². The Morgan fingerprint density at radius 2 is 1.31 bits per heavy atom. The Kier molecular flexibility index (Phi) is 4.07. The zero-order valence-electron chi connectivity index (χ0n) is 13.6. The number of hydrogen-bond donors (Lipinski definition) is 1. The summed E-state index contributed by atoms with van der Waals surface area (Å²) in [5.74, 6) is 0.737. The lowest BCUT2D eigenvalue weighted by Crippen LogP contribution is -2.10. The molecule has 0 unspecified atom stereocenters. The summed E-state index contributed by atoms with van der Waals surface area (Å²) in [5.41, 5.74) is 1.49. The van der Waals surface area contributed by atoms with E-state index in [1.807, 2.05) is 30.3 Å². The zero-order valence-corrected chi connectivity index (χ0v) is 13.6. The molecule has 0 aliphatic rings. The number of nitrogens with one attached hydrogen (secondary N) is 1. The lowest BCUT2D eigenvalue weighted by atomic mass is 10.1. The maximum atomic E-state index is 13.2. The molecule has 0 fully saturated rings. The Balaban J connectivity index is 1.94. The van der Waals surface area contributed by atoms with Crippen LogP contribution in [0.3, 0.4) is 0 Å². The minimum Gasteiger partial charge on any atom is -0.328 e. The van der Waals surface area contributed by atoms with E-state index < -0.39 is 0 Å². The molecular weight excluding hydrogens is 331 g/mol. The van der Waals surface area contributed by atoms with Gasteiger partial charge in [-0.25, -0.2) is 19.3 Å². The van der Waals surface area contributed by atoms with Gasteiger partial charge in [-0.05, 0) is 36.4 Å². The van der Waals surface area contributed by atoms with Gasteiger partial charge in [0.15, 0.2) is 17.5 Å². The number of aromatic nitrogens is 4. The summed E-state index contributed by atoms with van der Waals surface area (Å²) in [7, 11) is 0. The van der Waals surface area contributed by atoms with Crippen LogP contribution >= 0.6 is 0 Å². The third-order valence-electron chi connectivity index (χ3n) is 3.83. The number of benzene rings is 2. The van der Waals surface area contributed by atoms with Crippen molar-refractivity contribution in [2.24, 2.45) is 0 Å². The fraction of sp³-hybridized carbons (Fsp3) is 0. The van der Waals surface area contributed by atoms with Gasteiger partial charge in [-0.15, -0.1) is 0 Å². The molecule has 1 N–H and O–H groups in total. The lowest BCUT2D eigenvalue weighted by Gasteiger charge is -2.07. The molecule has 126 valence electrons. The van der Waals surface area contributed by atoms with Crippen LogP contribution < -0.4 is 5.56 Å². The second-order valence-electron chi connectivity index (χ2n) is 5.59. The molecule has 0 amide bonds. The number of aromatic amines is 1. The maximum absolute atomic E-state index is 13.2. The van der Waals surface area contributed by atoms with Crippen LogP contribution in [0.1, 0.15) is 0 Å². The van der Waals surface area contributed by atoms with Gasteiger partial charge < -0.3 is 4.98 Å². The third-order valence-corrected chi connectivity index (χ3v) is 3.83. The Morgan fingerprint density at radius 1 is 0.692 bits per heavy atom. The summed E-state index contributed by atoms with van der Waals surface area (Å²) in [5, 5.41) is 0. The first kappa shape index (κ1) is 15.8. The topological polar surface area (TPSA) is 71.5 Å². The molecular formula is C20H13FN4O. The molecule has 4 aromatic rings. The first-order valence-corrected chi connectivity index (χ1v) is 7.96. The van der Waals surface area contributed by atoms with Crippen LogP contribution in [-0.4, -0.2) is 19.9 Å². The normalized spacial score (nSPS) is 10.7. The number of pyridine rings is 1. The molecule has 6 heteroatoms. The number of hydrogen-bond acceptors (Lipinski definition) is 4. The molecule has 2 aromatic carbocycles. The predicted octanol–water partition coefficient (Wildman–Crippen LogP) is 3.70. The van der Waals surface area contributed by atoms with Crippen molar-refractivity contribution in [3.8, 4) is 34.2 Å². The van der Waals surface area contributed by atoms with Crippen LogP contribution in [0.5, 0.6) is 0 Å². The largest absolute Gasteiger partial charge is 0.328 e. The van der Waals surface area contributed by atoms with Crippen LogP contribution in [0.4, 0.5) is 4.39 Å². The van der Waals surface area contributed by atoms with Crippen molar-refractivity contribution in [2.75, 3.05) is 0 Å². The highest BCUT2D eigenvalue weighted by Crippen LogP contribution is 2.23. The fourth-order valence-corrected chi connectivity index (χ4v) is 2.54. The molecule has 4 rings (SSSR count). The first-order valence-electron chi connectivity index (χ1n) is 7.96. The predicted molar refractivity (Wildman–Crippen MR) is 96.7 cm³/mol. The van der Waals surface area contributed by atoms with E-state index in [9.17, 15) is 9.18 Å². The van der Waals surface area contributed by atoms with Crippen molar-refractivity contribution in [1.82, 2.24) is 19.9 Å². The molecule has 0 saturated heterocycles. The van der Waals surface area contributed by atoms with Crippen LogP contribution in [0.25, 0.3) is 34.2 Å². The van der Waals surface area contributed by atoms with Gasteiger partial charge in [0.1, 0.15) is 5.82 Å². The summed E-state index contributed by atoms with van der Waals surface area (Å²) in [6.45, 7) is 0. The summed E-state index contributed by atoms with van der Waals surface area (Å²) in [4.78, 5) is 28.2. The van der Waals surface area contributed by atoms with Crippen LogP contribution in [0.15, 0.2) is 77.7 Å². The molecule has 0 atom stereocenters. The third kappa shape index (κ3) is 3.12. The Morgan fingerprint density at radius 3 is 1.96 bits per heavy atom. The standard InChI is InChI=1S/C20H13FN4O/c21-15-10-8-14(9-11-15)18-23-17(13-5-2-1-3-6-13)24-19(25-18)16-7-4-12-22-20(16)26/h1-12H,(H,22,26). The average molecular weight is 344 g/mol. The van der Waals surface area contributed by atoms with E-state index in [-0.39, 0.29) is 17.2 Å². The molecule has 0 bridgehead atoms. The Hall–Kier alpha value is -3.67. The quantitative estimate of drug-likeness (QED) is 0.615. The Bertz CT molecular complexity index is 1110. The molecule has 2 aromatic heterocycles. The SMILES string of the molecule is O=c1[nH]cccc1-c1nc(-c2ccccc2)nc(-c2ccc(F)cc2)n1. The summed E-state index contributed by atoms with van der Waals surface area (Å²) < 4.78 is 13.2. The van der Waals surface area contributed by atoms with Crippen molar-refractivity contribution in [1.29, 1.82) is 0 Å². The van der Waals surface area contributed by atoms with E-state index in [0.717, 1.165) is 5.56 Å². The van der Waals surface area contributed by atoms with Crippen molar-refractivity contribution in [2.45, 2.75) is 0 Å². The summed E-state index contributed by atoms with van der Waals surface area (Å²) in [6.07, 6.45) is 1.55. The molecule has 2 heterocycles. The van der Waals surface area contributed by atoms with Gasteiger partial charge in [0, 0.05) is 17.3 Å². The second-order valence-corrected chi connectivity index (χ2v) is 5.59. The molecule has 0 radical (unpaired) electrons. The molecule has 0 spiro atoms. The van der Waals surface area contributed by atoms with Crippen molar-refractivity contribution >= 4 is 0 Å². The first-order chi connectivity index (χ1) is 12.7. The minimum atomic E-state index is -0.342. The van der Waals surface area contributed by atoms with E-state index in [2.05, 4.69) is 19.9 Å². The fourth-order valence-electron chi connectivity index (χ4n) is 2.54.